The van der Waals surface area contributed by atoms with Crippen molar-refractivity contribution in [1.82, 2.24) is 0 Å². The predicted octanol–water partition coefficient (Wildman–Crippen LogP) is 3.41. The number of aryl methyl sites for hydroxylation is 1. The van der Waals surface area contributed by atoms with Gasteiger partial charge in [0.1, 0.15) is 5.82 Å². The van der Waals surface area contributed by atoms with Crippen molar-refractivity contribution in [2.45, 2.75) is 19.3 Å². The molecule has 19 heavy (non-hydrogen) atoms. The molecule has 0 aromatic heterocycles. The van der Waals surface area contributed by atoms with E-state index in [0.29, 0.717) is 12.0 Å². The Morgan fingerprint density at radius 2 is 2.00 bits per heavy atom. The van der Waals surface area contributed by atoms with Gasteiger partial charge >= 0.3 is 0 Å². The summed E-state index contributed by atoms with van der Waals surface area (Å²) in [6.45, 7) is 1.99. The lowest BCUT2D eigenvalue weighted by Gasteiger charge is -2.10. The highest BCUT2D eigenvalue weighted by Gasteiger charge is 2.31. The van der Waals surface area contributed by atoms with Crippen LogP contribution in [0.15, 0.2) is 42.5 Å². The van der Waals surface area contributed by atoms with E-state index >= 15 is 0 Å². The lowest BCUT2D eigenvalue weighted by atomic mass is 9.92. The summed E-state index contributed by atoms with van der Waals surface area (Å²) in [5.41, 5.74) is 3.50. The molecule has 0 bridgehead atoms. The Kier molecular flexibility index (Phi) is 2.82. The van der Waals surface area contributed by atoms with Crippen LogP contribution in [-0.4, -0.2) is 5.91 Å². The smallest absolute Gasteiger partial charge is 0.232 e. The van der Waals surface area contributed by atoms with Gasteiger partial charge < -0.3 is 5.32 Å². The van der Waals surface area contributed by atoms with Crippen molar-refractivity contribution >= 4 is 11.6 Å². The van der Waals surface area contributed by atoms with Crippen LogP contribution < -0.4 is 5.32 Å². The zero-order chi connectivity index (χ0) is 13.4. The van der Waals surface area contributed by atoms with E-state index in [0.717, 1.165) is 16.8 Å². The molecule has 1 aliphatic heterocycles. The van der Waals surface area contributed by atoms with Gasteiger partial charge in [-0.3, -0.25) is 4.79 Å². The van der Waals surface area contributed by atoms with Crippen molar-refractivity contribution < 1.29 is 9.18 Å². The third-order valence-electron chi connectivity index (χ3n) is 3.54. The number of halogens is 1. The van der Waals surface area contributed by atoms with Crippen molar-refractivity contribution in [3.63, 3.8) is 0 Å². The maximum Gasteiger partial charge on any atom is 0.232 e. The molecule has 3 rings (SSSR count). The van der Waals surface area contributed by atoms with E-state index in [1.165, 1.54) is 6.07 Å². The minimum atomic E-state index is -0.299. The number of fused-ring (bicyclic) bond motifs is 1. The quantitative estimate of drug-likeness (QED) is 0.875. The Balaban J connectivity index is 1.97. The van der Waals surface area contributed by atoms with Crippen molar-refractivity contribution in [3.8, 4) is 0 Å². The van der Waals surface area contributed by atoms with E-state index in [-0.39, 0.29) is 17.6 Å². The van der Waals surface area contributed by atoms with Gasteiger partial charge in [-0.25, -0.2) is 4.39 Å². The number of rotatable bonds is 2. The predicted molar refractivity (Wildman–Crippen MR) is 72.7 cm³/mol. The first-order valence-corrected chi connectivity index (χ1v) is 6.30. The van der Waals surface area contributed by atoms with Gasteiger partial charge in [0, 0.05) is 5.69 Å². The van der Waals surface area contributed by atoms with Gasteiger partial charge in [0.15, 0.2) is 0 Å². The van der Waals surface area contributed by atoms with Gasteiger partial charge in [0.05, 0.1) is 5.92 Å². The number of anilines is 1. The molecule has 1 N–H and O–H groups in total. The third kappa shape index (κ3) is 2.12. The summed E-state index contributed by atoms with van der Waals surface area (Å²) < 4.78 is 13.7. The number of benzene rings is 2. The van der Waals surface area contributed by atoms with Gasteiger partial charge in [-0.1, -0.05) is 35.9 Å². The molecule has 1 atom stereocenters. The number of carbonyl (C=O) groups is 1. The van der Waals surface area contributed by atoms with E-state index in [2.05, 4.69) is 5.32 Å². The zero-order valence-electron chi connectivity index (χ0n) is 10.6. The molecule has 0 aliphatic carbocycles. The molecule has 3 heteroatoms. The topological polar surface area (TPSA) is 29.1 Å². The monoisotopic (exact) mass is 255 g/mol. The molecule has 0 radical (unpaired) electrons. The summed E-state index contributed by atoms with van der Waals surface area (Å²) in [5, 5.41) is 2.85. The van der Waals surface area contributed by atoms with Crippen molar-refractivity contribution in [3.05, 3.63) is 65.0 Å². The van der Waals surface area contributed by atoms with E-state index < -0.39 is 0 Å². The van der Waals surface area contributed by atoms with Crippen molar-refractivity contribution in [2.75, 3.05) is 5.32 Å². The van der Waals surface area contributed by atoms with Crippen LogP contribution in [0.1, 0.15) is 22.6 Å². The minimum absolute atomic E-state index is 0.0520. The Bertz CT molecular complexity index is 651. The molecule has 2 aromatic carbocycles. The van der Waals surface area contributed by atoms with Crippen molar-refractivity contribution in [1.29, 1.82) is 0 Å². The van der Waals surface area contributed by atoms with Crippen LogP contribution in [-0.2, 0) is 11.2 Å². The maximum absolute atomic E-state index is 13.7. The molecular formula is C16H14FNO. The lowest BCUT2D eigenvalue weighted by molar-refractivity contribution is -0.117. The summed E-state index contributed by atoms with van der Waals surface area (Å²) in [4.78, 5) is 12.0. The first kappa shape index (κ1) is 11.9. The molecule has 0 spiro atoms. The van der Waals surface area contributed by atoms with Gasteiger partial charge in [-0.05, 0) is 36.6 Å². The number of hydrogen-bond donors (Lipinski definition) is 1. The number of nitrogens with one attached hydrogen (secondary N) is 1. The first-order valence-electron chi connectivity index (χ1n) is 6.30. The highest BCUT2D eigenvalue weighted by atomic mass is 19.1. The second kappa shape index (κ2) is 4.50. The molecular weight excluding hydrogens is 241 g/mol. The molecule has 1 heterocycles. The van der Waals surface area contributed by atoms with Crippen LogP contribution in [0.2, 0.25) is 0 Å². The fourth-order valence-corrected chi connectivity index (χ4v) is 2.53. The average molecular weight is 255 g/mol. The van der Waals surface area contributed by atoms with Crippen LogP contribution >= 0.6 is 0 Å². The molecule has 0 saturated heterocycles. The fraction of sp³-hybridized carbons (Fsp3) is 0.188. The van der Waals surface area contributed by atoms with Gasteiger partial charge in [0.25, 0.3) is 0 Å². The van der Waals surface area contributed by atoms with E-state index in [1.807, 2.05) is 25.1 Å². The first-order chi connectivity index (χ1) is 9.15. The van der Waals surface area contributed by atoms with E-state index in [1.54, 1.807) is 18.2 Å². The van der Waals surface area contributed by atoms with E-state index in [9.17, 15) is 9.18 Å². The van der Waals surface area contributed by atoms with Crippen LogP contribution in [0.5, 0.6) is 0 Å². The Hall–Kier alpha value is -2.16. The zero-order valence-corrected chi connectivity index (χ0v) is 10.6. The average Bonchev–Trinajstić information content (AvgIpc) is 2.69. The van der Waals surface area contributed by atoms with Crippen molar-refractivity contribution in [2.24, 2.45) is 0 Å². The normalized spacial score (nSPS) is 17.2. The van der Waals surface area contributed by atoms with Gasteiger partial charge in [-0.15, -0.1) is 0 Å². The summed E-state index contributed by atoms with van der Waals surface area (Å²) in [7, 11) is 0. The van der Waals surface area contributed by atoms with E-state index in [4.69, 9.17) is 0 Å². The molecule has 0 fully saturated rings. The minimum Gasteiger partial charge on any atom is -0.325 e. The summed E-state index contributed by atoms with van der Waals surface area (Å²) in [6, 6.07) is 12.5. The molecule has 1 aliphatic rings. The second-order valence-corrected chi connectivity index (χ2v) is 4.93. The Morgan fingerprint density at radius 1 is 1.21 bits per heavy atom. The molecule has 2 nitrogen and oxygen atoms in total. The Labute approximate surface area is 111 Å². The molecule has 2 aromatic rings. The summed E-state index contributed by atoms with van der Waals surface area (Å²) >= 11 is 0. The Morgan fingerprint density at radius 3 is 2.79 bits per heavy atom. The maximum atomic E-state index is 13.7. The third-order valence-corrected chi connectivity index (χ3v) is 3.54. The molecule has 1 amide bonds. The summed E-state index contributed by atoms with van der Waals surface area (Å²) in [5.74, 6) is -0.605. The lowest BCUT2D eigenvalue weighted by Crippen LogP contribution is -2.14. The van der Waals surface area contributed by atoms with Gasteiger partial charge in [-0.2, -0.15) is 0 Å². The van der Waals surface area contributed by atoms with Crippen LogP contribution in [0.4, 0.5) is 10.1 Å². The highest BCUT2D eigenvalue weighted by Crippen LogP contribution is 2.35. The van der Waals surface area contributed by atoms with Crippen LogP contribution in [0, 0.1) is 12.7 Å². The number of hydrogen-bond acceptors (Lipinski definition) is 1. The fourth-order valence-electron chi connectivity index (χ4n) is 2.53. The molecule has 96 valence electrons. The second-order valence-electron chi connectivity index (χ2n) is 4.93. The standard InChI is InChI=1S/C16H14FNO/c1-10-6-7-15-12(8-10)13(16(19)18-15)9-11-4-2-3-5-14(11)17/h2-8,13H,9H2,1H3,(H,18,19)/t13-/m1/s1. The molecule has 0 saturated carbocycles. The largest absolute Gasteiger partial charge is 0.325 e. The summed E-state index contributed by atoms with van der Waals surface area (Å²) in [6.07, 6.45) is 0.398. The SMILES string of the molecule is Cc1ccc2c(c1)[C@@H](Cc1ccccc1F)C(=O)N2. The number of carbonyl (C=O) groups excluding carboxylic acids is 1. The van der Waals surface area contributed by atoms with Gasteiger partial charge in [0.2, 0.25) is 5.91 Å². The van der Waals surface area contributed by atoms with Crippen LogP contribution in [0.3, 0.4) is 0 Å². The highest BCUT2D eigenvalue weighted by molar-refractivity contribution is 6.03. The number of amides is 1. The molecule has 0 unspecified atom stereocenters. The van der Waals surface area contributed by atoms with Crippen LogP contribution in [0.25, 0.3) is 0 Å².